The van der Waals surface area contributed by atoms with Crippen LogP contribution < -0.4 is 15.7 Å². The molecule has 0 bridgehead atoms. The zero-order valence-corrected chi connectivity index (χ0v) is 15.3. The van der Waals surface area contributed by atoms with Crippen LogP contribution in [0.3, 0.4) is 0 Å². The molecule has 0 spiro atoms. The minimum absolute atomic E-state index is 0.117. The minimum atomic E-state index is -0.434. The Kier molecular flexibility index (Phi) is 6.49. The number of fused-ring (bicyclic) bond motifs is 1. The summed E-state index contributed by atoms with van der Waals surface area (Å²) in [4.78, 5) is 24.1. The Labute approximate surface area is 159 Å². The van der Waals surface area contributed by atoms with Crippen molar-refractivity contribution in [3.63, 3.8) is 0 Å². The molecular formula is C20H18FNO4S. The number of carbonyl (C=O) groups excluding carboxylic acids is 1. The lowest BCUT2D eigenvalue weighted by molar-refractivity contribution is -0.123. The lowest BCUT2D eigenvalue weighted by atomic mass is 10.2. The molecule has 0 aliphatic heterocycles. The Morgan fingerprint density at radius 1 is 1.11 bits per heavy atom. The van der Waals surface area contributed by atoms with Gasteiger partial charge in [-0.1, -0.05) is 0 Å². The van der Waals surface area contributed by atoms with Gasteiger partial charge in [0.1, 0.15) is 17.1 Å². The first-order chi connectivity index (χ1) is 13.1. The lowest BCUT2D eigenvalue weighted by Crippen LogP contribution is -2.29. The molecule has 7 heteroatoms. The molecule has 0 saturated heterocycles. The normalized spacial score (nSPS) is 10.7. The third-order valence-corrected chi connectivity index (χ3v) is 4.79. The van der Waals surface area contributed by atoms with Gasteiger partial charge >= 0.3 is 5.63 Å². The smallest absolute Gasteiger partial charge is 0.336 e. The van der Waals surface area contributed by atoms with Crippen molar-refractivity contribution in [1.29, 1.82) is 0 Å². The van der Waals surface area contributed by atoms with Crippen LogP contribution in [-0.2, 0) is 4.79 Å². The van der Waals surface area contributed by atoms with Crippen molar-refractivity contribution in [2.24, 2.45) is 0 Å². The number of amides is 1. The highest BCUT2D eigenvalue weighted by Gasteiger charge is 2.05. The predicted molar refractivity (Wildman–Crippen MR) is 103 cm³/mol. The molecule has 5 nitrogen and oxygen atoms in total. The summed E-state index contributed by atoms with van der Waals surface area (Å²) < 4.78 is 23.3. The van der Waals surface area contributed by atoms with Crippen LogP contribution in [0.1, 0.15) is 6.42 Å². The van der Waals surface area contributed by atoms with Crippen LogP contribution in [0.4, 0.5) is 4.39 Å². The third-order valence-electron chi connectivity index (χ3n) is 3.69. The minimum Gasteiger partial charge on any atom is -0.484 e. The zero-order chi connectivity index (χ0) is 19.1. The van der Waals surface area contributed by atoms with E-state index in [0.717, 1.165) is 22.5 Å². The molecule has 3 rings (SSSR count). The number of nitrogens with one attached hydrogen (secondary N) is 1. The van der Waals surface area contributed by atoms with Crippen LogP contribution in [0.15, 0.2) is 68.7 Å². The third kappa shape index (κ3) is 5.86. The summed E-state index contributed by atoms with van der Waals surface area (Å²) in [5.41, 5.74) is -0.0193. The maximum absolute atomic E-state index is 12.8. The molecule has 0 aliphatic carbocycles. The van der Waals surface area contributed by atoms with Crippen molar-refractivity contribution in [2.75, 3.05) is 18.9 Å². The van der Waals surface area contributed by atoms with E-state index in [0.29, 0.717) is 17.9 Å². The van der Waals surface area contributed by atoms with Gasteiger partial charge in [-0.3, -0.25) is 4.79 Å². The van der Waals surface area contributed by atoms with Crippen LogP contribution in [0.2, 0.25) is 0 Å². The summed E-state index contributed by atoms with van der Waals surface area (Å²) >= 11 is 1.61. The number of hydrogen-bond acceptors (Lipinski definition) is 5. The van der Waals surface area contributed by atoms with Crippen molar-refractivity contribution in [3.05, 3.63) is 70.8 Å². The van der Waals surface area contributed by atoms with Gasteiger partial charge in [0.15, 0.2) is 6.61 Å². The first kappa shape index (κ1) is 19.0. The maximum Gasteiger partial charge on any atom is 0.336 e. The van der Waals surface area contributed by atoms with E-state index in [-0.39, 0.29) is 18.3 Å². The molecule has 0 unspecified atom stereocenters. The van der Waals surface area contributed by atoms with Crippen molar-refractivity contribution in [3.8, 4) is 5.75 Å². The Morgan fingerprint density at radius 3 is 2.70 bits per heavy atom. The molecule has 1 heterocycles. The molecule has 0 radical (unpaired) electrons. The summed E-state index contributed by atoms with van der Waals surface area (Å²) in [5.74, 6) is 0.798. The Morgan fingerprint density at radius 2 is 1.89 bits per heavy atom. The fraction of sp³-hybridized carbons (Fsp3) is 0.200. The summed E-state index contributed by atoms with van der Waals surface area (Å²) in [6.07, 6.45) is 0.787. The number of benzene rings is 2. The number of halogens is 1. The van der Waals surface area contributed by atoms with Crippen molar-refractivity contribution in [2.45, 2.75) is 11.3 Å². The Hall–Kier alpha value is -2.80. The molecule has 0 fully saturated rings. The van der Waals surface area contributed by atoms with E-state index >= 15 is 0 Å². The van der Waals surface area contributed by atoms with E-state index in [4.69, 9.17) is 9.15 Å². The highest BCUT2D eigenvalue weighted by molar-refractivity contribution is 7.99. The number of thioether (sulfide) groups is 1. The molecule has 0 atom stereocenters. The van der Waals surface area contributed by atoms with Crippen LogP contribution in [0.5, 0.6) is 5.75 Å². The molecule has 140 valence electrons. The monoisotopic (exact) mass is 387 g/mol. The van der Waals surface area contributed by atoms with Gasteiger partial charge in [-0.15, -0.1) is 11.8 Å². The Balaban J connectivity index is 1.37. The van der Waals surface area contributed by atoms with E-state index in [9.17, 15) is 14.0 Å². The standard InChI is InChI=1S/C20H18FNO4S/c21-15-4-7-17(8-5-15)27-11-1-10-22-19(23)13-25-16-6-2-14-3-9-20(24)26-18(14)12-16/h2-9,12H,1,10-11,13H2,(H,22,23). The van der Waals surface area contributed by atoms with Gasteiger partial charge in [0.05, 0.1) is 0 Å². The lowest BCUT2D eigenvalue weighted by Gasteiger charge is -2.08. The average Bonchev–Trinajstić information content (AvgIpc) is 2.67. The first-order valence-electron chi connectivity index (χ1n) is 8.42. The van der Waals surface area contributed by atoms with Gasteiger partial charge in [0, 0.05) is 29.0 Å². The number of ether oxygens (including phenoxy) is 1. The van der Waals surface area contributed by atoms with Crippen LogP contribution >= 0.6 is 11.8 Å². The van der Waals surface area contributed by atoms with E-state index in [1.54, 1.807) is 48.2 Å². The van der Waals surface area contributed by atoms with Crippen LogP contribution in [0.25, 0.3) is 11.0 Å². The molecule has 2 aromatic carbocycles. The molecule has 0 saturated carbocycles. The van der Waals surface area contributed by atoms with Crippen molar-refractivity contribution >= 4 is 28.6 Å². The Bertz CT molecular complexity index is 972. The molecule has 3 aromatic rings. The fourth-order valence-corrected chi connectivity index (χ4v) is 3.20. The van der Waals surface area contributed by atoms with Gasteiger partial charge in [0.2, 0.25) is 0 Å². The number of hydrogen-bond donors (Lipinski definition) is 1. The highest BCUT2D eigenvalue weighted by atomic mass is 32.2. The number of carbonyl (C=O) groups is 1. The van der Waals surface area contributed by atoms with Gasteiger partial charge in [-0.2, -0.15) is 0 Å². The molecule has 27 heavy (non-hydrogen) atoms. The second kappa shape index (κ2) is 9.23. The van der Waals surface area contributed by atoms with Crippen molar-refractivity contribution in [1.82, 2.24) is 5.32 Å². The van der Waals surface area contributed by atoms with Crippen LogP contribution in [-0.4, -0.2) is 24.8 Å². The van der Waals surface area contributed by atoms with Crippen molar-refractivity contribution < 1.29 is 18.3 Å². The predicted octanol–water partition coefficient (Wildman–Crippen LogP) is 3.61. The second-order valence-electron chi connectivity index (χ2n) is 5.75. The molecule has 0 aliphatic rings. The highest BCUT2D eigenvalue weighted by Crippen LogP contribution is 2.20. The first-order valence-corrected chi connectivity index (χ1v) is 9.40. The largest absolute Gasteiger partial charge is 0.484 e. The van der Waals surface area contributed by atoms with Crippen LogP contribution in [0, 0.1) is 5.82 Å². The van der Waals surface area contributed by atoms with Gasteiger partial charge in [-0.05, 0) is 54.6 Å². The number of rotatable bonds is 8. The van der Waals surface area contributed by atoms with E-state index in [2.05, 4.69) is 5.32 Å². The fourth-order valence-electron chi connectivity index (χ4n) is 2.35. The topological polar surface area (TPSA) is 68.5 Å². The quantitative estimate of drug-likeness (QED) is 0.363. The molecular weight excluding hydrogens is 369 g/mol. The summed E-state index contributed by atoms with van der Waals surface area (Å²) in [7, 11) is 0. The zero-order valence-electron chi connectivity index (χ0n) is 14.4. The van der Waals surface area contributed by atoms with E-state index in [1.165, 1.54) is 18.2 Å². The summed E-state index contributed by atoms with van der Waals surface area (Å²) in [5, 5.41) is 3.57. The van der Waals surface area contributed by atoms with E-state index < -0.39 is 5.63 Å². The van der Waals surface area contributed by atoms with Gasteiger partial charge < -0.3 is 14.5 Å². The average molecular weight is 387 g/mol. The molecule has 1 aromatic heterocycles. The molecule has 1 amide bonds. The maximum atomic E-state index is 12.8. The van der Waals surface area contributed by atoms with Gasteiger partial charge in [0.25, 0.3) is 5.91 Å². The second-order valence-corrected chi connectivity index (χ2v) is 6.92. The van der Waals surface area contributed by atoms with E-state index in [1.807, 2.05) is 0 Å². The van der Waals surface area contributed by atoms with Gasteiger partial charge in [-0.25, -0.2) is 9.18 Å². The SMILES string of the molecule is O=C(COc1ccc2ccc(=O)oc2c1)NCCCSc1ccc(F)cc1. The summed E-state index contributed by atoms with van der Waals surface area (Å²) in [6, 6.07) is 14.4. The molecule has 1 N–H and O–H groups in total. The summed E-state index contributed by atoms with van der Waals surface area (Å²) in [6.45, 7) is 0.413.